The van der Waals surface area contributed by atoms with Gasteiger partial charge in [0.1, 0.15) is 5.75 Å². The molecule has 2 aromatic heterocycles. The molecule has 0 aliphatic carbocycles. The van der Waals surface area contributed by atoms with Crippen molar-refractivity contribution in [3.8, 4) is 16.9 Å². The number of carbonyl (C=O) groups is 1. The van der Waals surface area contributed by atoms with Gasteiger partial charge in [-0.1, -0.05) is 6.07 Å². The zero-order valence-electron chi connectivity index (χ0n) is 29.0. The molecule has 2 aromatic carbocycles. The molecule has 2 aliphatic rings. The molecule has 0 spiro atoms. The van der Waals surface area contributed by atoms with Gasteiger partial charge in [-0.15, -0.1) is 0 Å². The predicted molar refractivity (Wildman–Crippen MR) is 190 cm³/mol. The van der Waals surface area contributed by atoms with Crippen molar-refractivity contribution in [3.05, 3.63) is 79.6 Å². The molecule has 6 rings (SSSR count). The molecule has 11 heteroatoms. The van der Waals surface area contributed by atoms with Crippen LogP contribution in [-0.2, 0) is 18.3 Å². The molecule has 0 radical (unpaired) electrons. The van der Waals surface area contributed by atoms with Crippen LogP contribution in [0.1, 0.15) is 65.8 Å². The molecular formula is C37H48N6O5. The van der Waals surface area contributed by atoms with Gasteiger partial charge in [-0.25, -0.2) is 4.79 Å². The standard InChI is InChI=1S/C37H48N6O5/c1-7-42(27-12-16-48-17-13-27)32-21-26(19-29(24(32)3)35(44)38-22-30-34(47-6)18-23(2)39-36(30)45)25-8-9-31-33(20-25)41(5)37(46)43(31)28-10-14-40(4)15-11-28/h8-9,18-21,27-28H,7,10-17,22H2,1-6H3,(H,38,44)(H,39,45). The molecule has 4 aromatic rings. The van der Waals surface area contributed by atoms with Crippen LogP contribution < -0.4 is 26.2 Å². The molecule has 2 aliphatic heterocycles. The Morgan fingerprint density at radius 3 is 2.42 bits per heavy atom. The molecule has 0 unspecified atom stereocenters. The number of pyridine rings is 1. The summed E-state index contributed by atoms with van der Waals surface area (Å²) in [6.07, 6.45) is 3.70. The highest BCUT2D eigenvalue weighted by atomic mass is 16.5. The van der Waals surface area contributed by atoms with E-state index in [0.717, 1.165) is 78.7 Å². The highest BCUT2D eigenvalue weighted by molar-refractivity contribution is 5.99. The Kier molecular flexibility index (Phi) is 9.80. The van der Waals surface area contributed by atoms with Crippen molar-refractivity contribution in [2.24, 2.45) is 7.05 Å². The number of H-pyrrole nitrogens is 1. The van der Waals surface area contributed by atoms with Crippen molar-refractivity contribution in [3.63, 3.8) is 0 Å². The highest BCUT2D eigenvalue weighted by Crippen LogP contribution is 2.35. The molecule has 2 fully saturated rings. The number of ether oxygens (including phenoxy) is 2. The van der Waals surface area contributed by atoms with E-state index in [0.29, 0.717) is 35.8 Å². The summed E-state index contributed by atoms with van der Waals surface area (Å²) in [5, 5.41) is 2.99. The Balaban J connectivity index is 1.42. The first-order valence-corrected chi connectivity index (χ1v) is 17.0. The van der Waals surface area contributed by atoms with Crippen LogP contribution in [-0.4, -0.2) is 78.0 Å². The second kappa shape index (κ2) is 14.0. The number of likely N-dealkylation sites (tertiary alicyclic amines) is 1. The van der Waals surface area contributed by atoms with E-state index in [1.165, 1.54) is 7.11 Å². The van der Waals surface area contributed by atoms with Gasteiger partial charge >= 0.3 is 5.69 Å². The number of amides is 1. The van der Waals surface area contributed by atoms with Crippen LogP contribution in [0.15, 0.2) is 46.0 Å². The van der Waals surface area contributed by atoms with Crippen LogP contribution in [0.2, 0.25) is 0 Å². The minimum Gasteiger partial charge on any atom is -0.496 e. The monoisotopic (exact) mass is 656 g/mol. The van der Waals surface area contributed by atoms with Crippen molar-refractivity contribution in [2.75, 3.05) is 51.9 Å². The van der Waals surface area contributed by atoms with Gasteiger partial charge in [0, 0.05) is 55.8 Å². The summed E-state index contributed by atoms with van der Waals surface area (Å²) in [6.45, 7) is 10.1. The average Bonchev–Trinajstić information content (AvgIpc) is 3.34. The van der Waals surface area contributed by atoms with Crippen LogP contribution >= 0.6 is 0 Å². The summed E-state index contributed by atoms with van der Waals surface area (Å²) in [5.74, 6) is 0.160. The lowest BCUT2D eigenvalue weighted by molar-refractivity contribution is 0.0846. The lowest BCUT2D eigenvalue weighted by Crippen LogP contribution is -2.40. The van der Waals surface area contributed by atoms with E-state index in [-0.39, 0.29) is 35.8 Å². The molecular weight excluding hydrogens is 608 g/mol. The number of aromatic nitrogens is 3. The third-order valence-electron chi connectivity index (χ3n) is 10.3. The summed E-state index contributed by atoms with van der Waals surface area (Å²) in [5.41, 5.74) is 6.77. The summed E-state index contributed by atoms with van der Waals surface area (Å²) in [4.78, 5) is 47.8. The first kappa shape index (κ1) is 33.5. The molecule has 256 valence electrons. The van der Waals surface area contributed by atoms with Gasteiger partial charge in [0.15, 0.2) is 0 Å². The number of nitrogens with zero attached hydrogens (tertiary/aromatic N) is 4. The number of methoxy groups -OCH3 is 1. The van der Waals surface area contributed by atoms with E-state index in [1.807, 2.05) is 24.6 Å². The summed E-state index contributed by atoms with van der Waals surface area (Å²) < 4.78 is 14.8. The quantitative estimate of drug-likeness (QED) is 0.272. The molecule has 0 saturated carbocycles. The van der Waals surface area contributed by atoms with Gasteiger partial charge in [-0.05, 0) is 114 Å². The van der Waals surface area contributed by atoms with Crippen LogP contribution in [0.5, 0.6) is 5.75 Å². The van der Waals surface area contributed by atoms with E-state index < -0.39 is 0 Å². The number of aromatic amines is 1. The zero-order chi connectivity index (χ0) is 34.1. The van der Waals surface area contributed by atoms with Gasteiger partial charge in [0.25, 0.3) is 11.5 Å². The fraction of sp³-hybridized carbons (Fsp3) is 0.486. The Morgan fingerprint density at radius 1 is 1.00 bits per heavy atom. The Labute approximate surface area is 281 Å². The fourth-order valence-corrected chi connectivity index (χ4v) is 7.47. The van der Waals surface area contributed by atoms with E-state index >= 15 is 0 Å². The number of imidazole rings is 1. The number of nitrogens with one attached hydrogen (secondary N) is 2. The van der Waals surface area contributed by atoms with Crippen molar-refractivity contribution in [1.82, 2.24) is 24.3 Å². The van der Waals surface area contributed by atoms with E-state index in [4.69, 9.17) is 9.47 Å². The largest absolute Gasteiger partial charge is 0.496 e. The second-order valence-corrected chi connectivity index (χ2v) is 13.3. The Morgan fingerprint density at radius 2 is 1.73 bits per heavy atom. The number of aryl methyl sites for hydroxylation is 2. The molecule has 2 N–H and O–H groups in total. The first-order chi connectivity index (χ1) is 23.1. The Hall–Kier alpha value is -4.35. The molecule has 2 saturated heterocycles. The Bertz CT molecular complexity index is 1930. The third kappa shape index (κ3) is 6.41. The average molecular weight is 657 g/mol. The van der Waals surface area contributed by atoms with Crippen LogP contribution in [0, 0.1) is 13.8 Å². The van der Waals surface area contributed by atoms with Crippen LogP contribution in [0.4, 0.5) is 5.69 Å². The van der Waals surface area contributed by atoms with Crippen molar-refractivity contribution >= 4 is 22.6 Å². The topological polar surface area (TPSA) is 114 Å². The highest BCUT2D eigenvalue weighted by Gasteiger charge is 2.27. The van der Waals surface area contributed by atoms with Crippen LogP contribution in [0.25, 0.3) is 22.2 Å². The zero-order valence-corrected chi connectivity index (χ0v) is 29.0. The van der Waals surface area contributed by atoms with E-state index in [1.54, 1.807) is 17.6 Å². The summed E-state index contributed by atoms with van der Waals surface area (Å²) >= 11 is 0. The number of hydrogen-bond donors (Lipinski definition) is 2. The van der Waals surface area contributed by atoms with Gasteiger partial charge in [0.05, 0.1) is 30.3 Å². The number of hydrogen-bond acceptors (Lipinski definition) is 7. The van der Waals surface area contributed by atoms with Gasteiger partial charge in [-0.2, -0.15) is 0 Å². The molecule has 1 amide bonds. The number of rotatable bonds is 9. The summed E-state index contributed by atoms with van der Waals surface area (Å²) in [7, 11) is 5.48. The van der Waals surface area contributed by atoms with Gasteiger partial charge in [0.2, 0.25) is 0 Å². The molecule has 0 bridgehead atoms. The molecule has 48 heavy (non-hydrogen) atoms. The third-order valence-corrected chi connectivity index (χ3v) is 10.3. The number of fused-ring (bicyclic) bond motifs is 1. The maximum atomic E-state index is 14.0. The maximum Gasteiger partial charge on any atom is 0.329 e. The maximum absolute atomic E-state index is 14.0. The lowest BCUT2D eigenvalue weighted by atomic mass is 9.95. The molecule has 0 atom stereocenters. The van der Waals surface area contributed by atoms with Crippen molar-refractivity contribution in [1.29, 1.82) is 0 Å². The molecule has 11 nitrogen and oxygen atoms in total. The fourth-order valence-electron chi connectivity index (χ4n) is 7.47. The van der Waals surface area contributed by atoms with Crippen molar-refractivity contribution < 1.29 is 14.3 Å². The van der Waals surface area contributed by atoms with Gasteiger partial charge < -0.3 is 29.6 Å². The smallest absolute Gasteiger partial charge is 0.329 e. The number of benzene rings is 2. The minimum atomic E-state index is -0.291. The van der Waals surface area contributed by atoms with Crippen LogP contribution in [0.3, 0.4) is 0 Å². The predicted octanol–water partition coefficient (Wildman–Crippen LogP) is 4.52. The lowest BCUT2D eigenvalue weighted by Gasteiger charge is -2.37. The number of piperidine rings is 1. The summed E-state index contributed by atoms with van der Waals surface area (Å²) in [6, 6.07) is 12.5. The van der Waals surface area contributed by atoms with E-state index in [2.05, 4.69) is 58.3 Å². The van der Waals surface area contributed by atoms with E-state index in [9.17, 15) is 14.4 Å². The SMILES string of the molecule is CCN(c1cc(-c2ccc3c(c2)n(C)c(=O)n3C2CCN(C)CC2)cc(C(=O)NCc2c(OC)cc(C)[nH]c2=O)c1C)C1CCOCC1. The van der Waals surface area contributed by atoms with Crippen molar-refractivity contribution in [2.45, 2.75) is 65.1 Å². The van der Waals surface area contributed by atoms with Gasteiger partial charge in [-0.3, -0.25) is 18.7 Å². The number of anilines is 1. The number of carbonyl (C=O) groups excluding carboxylic acids is 1. The minimum absolute atomic E-state index is 0.000406. The first-order valence-electron chi connectivity index (χ1n) is 17.0. The normalized spacial score (nSPS) is 16.4. The second-order valence-electron chi connectivity index (χ2n) is 13.3. The molecule has 4 heterocycles.